The highest BCUT2D eigenvalue weighted by Gasteiger charge is 2.07. The molecule has 0 saturated carbocycles. The highest BCUT2D eigenvalue weighted by Crippen LogP contribution is 2.09. The van der Waals surface area contributed by atoms with Crippen LogP contribution in [-0.4, -0.2) is 25.2 Å². The van der Waals surface area contributed by atoms with E-state index < -0.39 is 0 Å². The minimum absolute atomic E-state index is 0.136. The maximum atomic E-state index is 11.7. The van der Waals surface area contributed by atoms with Crippen LogP contribution in [0.15, 0.2) is 30.3 Å². The van der Waals surface area contributed by atoms with Crippen molar-refractivity contribution in [2.24, 2.45) is 0 Å². The van der Waals surface area contributed by atoms with Gasteiger partial charge in [0.15, 0.2) is 6.61 Å². The van der Waals surface area contributed by atoms with Gasteiger partial charge in [0.25, 0.3) is 0 Å². The molecule has 0 bridgehead atoms. The lowest BCUT2D eigenvalue weighted by atomic mass is 10.1. The monoisotopic (exact) mass is 414 g/mol. The number of rotatable bonds is 16. The van der Waals surface area contributed by atoms with Gasteiger partial charge in [-0.2, -0.15) is 0 Å². The summed E-state index contributed by atoms with van der Waals surface area (Å²) in [5, 5.41) is 0. The molecule has 166 valence electrons. The zero-order chi connectivity index (χ0) is 21.7. The number of unbranched alkanes of at least 4 members (excludes halogenated alkanes) is 8. The van der Waals surface area contributed by atoms with Gasteiger partial charge in [-0.1, -0.05) is 94.0 Å². The molecular weight excluding hydrogens is 376 g/mol. The number of carbonyl (C=O) groups excluding carboxylic acids is 2. The second-order valence-electron chi connectivity index (χ2n) is 7.55. The first-order chi connectivity index (χ1) is 14.7. The standard InChI is InChI=1S/C26H38O4/c1-2-3-4-5-6-7-8-9-10-11-15-22-29-25(27)19-16-20-26(28)30-23-21-24-17-13-12-14-18-24/h12-14,17-18H,2-10,16,19-23H2,1H3. The van der Waals surface area contributed by atoms with Crippen LogP contribution in [-0.2, 0) is 25.5 Å². The first-order valence-electron chi connectivity index (χ1n) is 11.5. The van der Waals surface area contributed by atoms with Crippen LogP contribution in [0.4, 0.5) is 0 Å². The normalized spacial score (nSPS) is 10.2. The van der Waals surface area contributed by atoms with Gasteiger partial charge in [-0.05, 0) is 18.4 Å². The van der Waals surface area contributed by atoms with Crippen molar-refractivity contribution in [1.29, 1.82) is 0 Å². The molecule has 0 amide bonds. The lowest BCUT2D eigenvalue weighted by molar-refractivity contribution is -0.144. The Bertz CT molecular complexity index is 627. The molecule has 0 aliphatic heterocycles. The van der Waals surface area contributed by atoms with Crippen LogP contribution in [0.25, 0.3) is 0 Å². The molecule has 0 saturated heterocycles. The Balaban J connectivity index is 1.91. The summed E-state index contributed by atoms with van der Waals surface area (Å²) in [5.41, 5.74) is 1.14. The molecule has 1 aromatic rings. The van der Waals surface area contributed by atoms with E-state index >= 15 is 0 Å². The van der Waals surface area contributed by atoms with Gasteiger partial charge in [-0.3, -0.25) is 9.59 Å². The van der Waals surface area contributed by atoms with Crippen LogP contribution in [0, 0.1) is 11.8 Å². The van der Waals surface area contributed by atoms with Gasteiger partial charge in [-0.25, -0.2) is 0 Å². The van der Waals surface area contributed by atoms with Crippen LogP contribution in [0.5, 0.6) is 0 Å². The Labute approximate surface area is 182 Å². The molecule has 0 radical (unpaired) electrons. The molecule has 0 atom stereocenters. The third-order valence-electron chi connectivity index (χ3n) is 4.84. The zero-order valence-electron chi connectivity index (χ0n) is 18.6. The Morgan fingerprint density at radius 1 is 0.767 bits per heavy atom. The molecule has 0 N–H and O–H groups in total. The van der Waals surface area contributed by atoms with E-state index in [-0.39, 0.29) is 31.4 Å². The second-order valence-corrected chi connectivity index (χ2v) is 7.55. The number of carbonyl (C=O) groups is 2. The summed E-state index contributed by atoms with van der Waals surface area (Å²) >= 11 is 0. The number of hydrogen-bond donors (Lipinski definition) is 0. The molecule has 0 aliphatic carbocycles. The van der Waals surface area contributed by atoms with Crippen LogP contribution in [0.1, 0.15) is 89.5 Å². The van der Waals surface area contributed by atoms with Crippen LogP contribution in [0.3, 0.4) is 0 Å². The van der Waals surface area contributed by atoms with Crippen LogP contribution >= 0.6 is 0 Å². The van der Waals surface area contributed by atoms with Gasteiger partial charge in [0.2, 0.25) is 0 Å². The van der Waals surface area contributed by atoms with E-state index in [0.29, 0.717) is 19.4 Å². The molecule has 4 nitrogen and oxygen atoms in total. The third kappa shape index (κ3) is 15.6. The highest BCUT2D eigenvalue weighted by molar-refractivity contribution is 5.72. The molecule has 0 unspecified atom stereocenters. The second kappa shape index (κ2) is 18.7. The smallest absolute Gasteiger partial charge is 0.306 e. The maximum Gasteiger partial charge on any atom is 0.306 e. The Morgan fingerprint density at radius 2 is 1.40 bits per heavy atom. The molecular formula is C26H38O4. The number of benzene rings is 1. The molecule has 0 heterocycles. The van der Waals surface area contributed by atoms with Crippen molar-refractivity contribution in [2.75, 3.05) is 13.2 Å². The molecule has 30 heavy (non-hydrogen) atoms. The summed E-state index contributed by atoms with van der Waals surface area (Å²) in [6.07, 6.45) is 12.7. The SMILES string of the molecule is CCCCCCCCCCC#CCOC(=O)CCCC(=O)OCCc1ccccc1. The van der Waals surface area contributed by atoms with E-state index in [1.807, 2.05) is 30.3 Å². The van der Waals surface area contributed by atoms with E-state index in [1.54, 1.807) is 0 Å². The van der Waals surface area contributed by atoms with Crippen molar-refractivity contribution in [3.05, 3.63) is 35.9 Å². The van der Waals surface area contributed by atoms with Gasteiger partial charge in [0, 0.05) is 25.7 Å². The highest BCUT2D eigenvalue weighted by atomic mass is 16.5. The van der Waals surface area contributed by atoms with Gasteiger partial charge in [0.1, 0.15) is 0 Å². The number of ether oxygens (including phenoxy) is 2. The fraction of sp³-hybridized carbons (Fsp3) is 0.615. The molecule has 1 rings (SSSR count). The molecule has 0 spiro atoms. The summed E-state index contributed by atoms with van der Waals surface area (Å²) in [7, 11) is 0. The first kappa shape index (κ1) is 25.8. The summed E-state index contributed by atoms with van der Waals surface area (Å²) in [6.45, 7) is 2.74. The Kier molecular flexibility index (Phi) is 16.1. The lowest BCUT2D eigenvalue weighted by Crippen LogP contribution is -2.10. The molecule has 4 heteroatoms. The van der Waals surface area contributed by atoms with Crippen molar-refractivity contribution in [1.82, 2.24) is 0 Å². The van der Waals surface area contributed by atoms with Gasteiger partial charge in [-0.15, -0.1) is 0 Å². The van der Waals surface area contributed by atoms with Crippen molar-refractivity contribution >= 4 is 11.9 Å². The quantitative estimate of drug-likeness (QED) is 0.188. The predicted octanol–water partition coefficient (Wildman–Crippen LogP) is 6.02. The predicted molar refractivity (Wildman–Crippen MR) is 121 cm³/mol. The minimum atomic E-state index is -0.312. The zero-order valence-corrected chi connectivity index (χ0v) is 18.6. The van der Waals surface area contributed by atoms with Crippen molar-refractivity contribution in [3.63, 3.8) is 0 Å². The van der Waals surface area contributed by atoms with Crippen molar-refractivity contribution in [3.8, 4) is 11.8 Å². The van der Waals surface area contributed by atoms with E-state index in [9.17, 15) is 9.59 Å². The van der Waals surface area contributed by atoms with Gasteiger partial charge >= 0.3 is 11.9 Å². The molecule has 0 aliphatic rings. The fourth-order valence-electron chi connectivity index (χ4n) is 3.05. The largest absolute Gasteiger partial charge is 0.465 e. The molecule has 0 aromatic heterocycles. The summed E-state index contributed by atoms with van der Waals surface area (Å²) in [4.78, 5) is 23.4. The van der Waals surface area contributed by atoms with E-state index in [2.05, 4.69) is 18.8 Å². The molecule has 0 fully saturated rings. The third-order valence-corrected chi connectivity index (χ3v) is 4.84. The van der Waals surface area contributed by atoms with Crippen molar-refractivity contribution in [2.45, 2.75) is 90.4 Å². The summed E-state index contributed by atoms with van der Waals surface area (Å²) in [5.74, 6) is 5.37. The van der Waals surface area contributed by atoms with Gasteiger partial charge < -0.3 is 9.47 Å². The van der Waals surface area contributed by atoms with Crippen molar-refractivity contribution < 1.29 is 19.1 Å². The lowest BCUT2D eigenvalue weighted by Gasteiger charge is -2.05. The topological polar surface area (TPSA) is 52.6 Å². The Hall–Kier alpha value is -2.28. The number of hydrogen-bond acceptors (Lipinski definition) is 4. The van der Waals surface area contributed by atoms with Crippen LogP contribution < -0.4 is 0 Å². The van der Waals surface area contributed by atoms with Gasteiger partial charge in [0.05, 0.1) is 6.61 Å². The fourth-order valence-corrected chi connectivity index (χ4v) is 3.05. The summed E-state index contributed by atoms with van der Waals surface area (Å²) < 4.78 is 10.3. The average molecular weight is 415 g/mol. The summed E-state index contributed by atoms with van der Waals surface area (Å²) in [6, 6.07) is 9.88. The van der Waals surface area contributed by atoms with Crippen LogP contribution in [0.2, 0.25) is 0 Å². The first-order valence-corrected chi connectivity index (χ1v) is 11.5. The molecule has 1 aromatic carbocycles. The van der Waals surface area contributed by atoms with E-state index in [0.717, 1.165) is 18.4 Å². The maximum absolute atomic E-state index is 11.7. The van der Waals surface area contributed by atoms with E-state index in [4.69, 9.17) is 9.47 Å². The average Bonchev–Trinajstić information content (AvgIpc) is 2.75. The number of esters is 2. The Morgan fingerprint density at radius 3 is 2.10 bits per heavy atom. The minimum Gasteiger partial charge on any atom is -0.465 e. The van der Waals surface area contributed by atoms with E-state index in [1.165, 1.54) is 44.9 Å².